The third-order valence-corrected chi connectivity index (χ3v) is 4.27. The maximum atomic E-state index is 10.5. The smallest absolute Gasteiger partial charge is 0.163 e. The van der Waals surface area contributed by atoms with Crippen molar-refractivity contribution in [3.63, 3.8) is 0 Å². The van der Waals surface area contributed by atoms with E-state index in [2.05, 4.69) is 6.58 Å². The molecule has 0 bridgehead atoms. The molecule has 0 amide bonds. The van der Waals surface area contributed by atoms with Crippen LogP contribution in [0.25, 0.3) is 0 Å². The number of hydrogen-bond acceptors (Lipinski definition) is 3. The van der Waals surface area contributed by atoms with Crippen LogP contribution in [0.4, 0.5) is 0 Å². The lowest BCUT2D eigenvalue weighted by atomic mass is 9.76. The molecule has 3 heteroatoms. The Labute approximate surface area is 110 Å². The normalized spacial score (nSPS) is 32.1. The van der Waals surface area contributed by atoms with Gasteiger partial charge in [0.15, 0.2) is 5.79 Å². The van der Waals surface area contributed by atoms with Crippen LogP contribution in [0.2, 0.25) is 0 Å². The maximum Gasteiger partial charge on any atom is 0.163 e. The van der Waals surface area contributed by atoms with E-state index in [4.69, 9.17) is 9.47 Å². The molecular formula is C15H26O3. The summed E-state index contributed by atoms with van der Waals surface area (Å²) in [5, 5.41) is 10.5. The maximum absolute atomic E-state index is 10.5. The summed E-state index contributed by atoms with van der Waals surface area (Å²) in [4.78, 5) is 0. The van der Waals surface area contributed by atoms with Gasteiger partial charge in [0, 0.05) is 5.92 Å². The second-order valence-electron chi connectivity index (χ2n) is 6.07. The zero-order valence-electron chi connectivity index (χ0n) is 11.6. The molecule has 1 heterocycles. The van der Waals surface area contributed by atoms with E-state index >= 15 is 0 Å². The Morgan fingerprint density at radius 1 is 1.28 bits per heavy atom. The minimum atomic E-state index is -0.566. The first-order valence-corrected chi connectivity index (χ1v) is 7.16. The summed E-state index contributed by atoms with van der Waals surface area (Å²) in [6, 6.07) is 0. The van der Waals surface area contributed by atoms with Gasteiger partial charge in [0.1, 0.15) is 6.10 Å². The monoisotopic (exact) mass is 254 g/mol. The lowest BCUT2D eigenvalue weighted by molar-refractivity contribution is -0.155. The largest absolute Gasteiger partial charge is 0.390 e. The van der Waals surface area contributed by atoms with E-state index in [1.54, 1.807) is 0 Å². The van der Waals surface area contributed by atoms with Gasteiger partial charge in [-0.1, -0.05) is 25.3 Å². The summed E-state index contributed by atoms with van der Waals surface area (Å²) in [7, 11) is 0. The second kappa shape index (κ2) is 5.72. The number of aliphatic hydroxyl groups is 1. The molecule has 0 radical (unpaired) electrons. The van der Waals surface area contributed by atoms with Crippen LogP contribution < -0.4 is 0 Å². The molecule has 3 atom stereocenters. The highest BCUT2D eigenvalue weighted by Gasteiger charge is 2.40. The van der Waals surface area contributed by atoms with Crippen LogP contribution in [0.5, 0.6) is 0 Å². The van der Waals surface area contributed by atoms with Gasteiger partial charge in [0.25, 0.3) is 0 Å². The lowest BCUT2D eigenvalue weighted by Crippen LogP contribution is -2.39. The molecule has 1 aliphatic carbocycles. The molecule has 1 saturated carbocycles. The van der Waals surface area contributed by atoms with Crippen LogP contribution in [-0.2, 0) is 9.47 Å². The average Bonchev–Trinajstić information content (AvgIpc) is 2.72. The number of ether oxygens (including phenoxy) is 2. The van der Waals surface area contributed by atoms with Crippen LogP contribution in [0.3, 0.4) is 0 Å². The van der Waals surface area contributed by atoms with Gasteiger partial charge < -0.3 is 14.6 Å². The predicted molar refractivity (Wildman–Crippen MR) is 71.2 cm³/mol. The molecule has 2 fully saturated rings. The highest BCUT2D eigenvalue weighted by atomic mass is 16.7. The number of aliphatic hydroxyl groups excluding tert-OH is 1. The molecular weight excluding hydrogens is 228 g/mol. The van der Waals surface area contributed by atoms with E-state index in [9.17, 15) is 5.11 Å². The van der Waals surface area contributed by atoms with Gasteiger partial charge in [-0.05, 0) is 32.6 Å². The molecule has 0 aromatic carbocycles. The van der Waals surface area contributed by atoms with Crippen LogP contribution in [0, 0.1) is 11.8 Å². The molecule has 104 valence electrons. The minimum Gasteiger partial charge on any atom is -0.390 e. The van der Waals surface area contributed by atoms with E-state index in [1.807, 2.05) is 19.9 Å². The first-order chi connectivity index (χ1) is 8.53. The van der Waals surface area contributed by atoms with Crippen molar-refractivity contribution in [1.29, 1.82) is 0 Å². The number of rotatable bonds is 4. The van der Waals surface area contributed by atoms with Gasteiger partial charge in [0.05, 0.1) is 12.7 Å². The third-order valence-electron chi connectivity index (χ3n) is 4.27. The van der Waals surface area contributed by atoms with E-state index in [1.165, 1.54) is 32.1 Å². The lowest BCUT2D eigenvalue weighted by Gasteiger charge is -2.33. The zero-order chi connectivity index (χ0) is 13.2. The number of hydrogen-bond donors (Lipinski definition) is 1. The van der Waals surface area contributed by atoms with Crippen LogP contribution >= 0.6 is 0 Å². The SMILES string of the molecule is C=C[C@H](C1CCCCC1)[C@H](O)[C@H]1COC(C)(C)O1. The van der Waals surface area contributed by atoms with Gasteiger partial charge in [-0.15, -0.1) is 6.58 Å². The van der Waals surface area contributed by atoms with Crippen molar-refractivity contribution in [1.82, 2.24) is 0 Å². The van der Waals surface area contributed by atoms with Crippen molar-refractivity contribution in [2.24, 2.45) is 11.8 Å². The van der Waals surface area contributed by atoms with E-state index in [0.29, 0.717) is 12.5 Å². The van der Waals surface area contributed by atoms with Gasteiger partial charge in [0.2, 0.25) is 0 Å². The van der Waals surface area contributed by atoms with E-state index in [0.717, 1.165) is 0 Å². The van der Waals surface area contributed by atoms with Gasteiger partial charge in [-0.2, -0.15) is 0 Å². The van der Waals surface area contributed by atoms with Crippen molar-refractivity contribution in [3.8, 4) is 0 Å². The Morgan fingerprint density at radius 2 is 1.94 bits per heavy atom. The summed E-state index contributed by atoms with van der Waals surface area (Å²) in [6.45, 7) is 8.17. The average molecular weight is 254 g/mol. The summed E-state index contributed by atoms with van der Waals surface area (Å²) in [5.74, 6) is 0.121. The minimum absolute atomic E-state index is 0.132. The molecule has 1 saturated heterocycles. The molecule has 0 unspecified atom stereocenters. The van der Waals surface area contributed by atoms with Crippen LogP contribution in [-0.4, -0.2) is 29.7 Å². The van der Waals surface area contributed by atoms with Crippen molar-refractivity contribution in [2.75, 3.05) is 6.61 Å². The Bertz CT molecular complexity index is 281. The Hall–Kier alpha value is -0.380. The topological polar surface area (TPSA) is 38.7 Å². The molecule has 1 N–H and O–H groups in total. The summed E-state index contributed by atoms with van der Waals surface area (Å²) in [6.07, 6.45) is 7.47. The quantitative estimate of drug-likeness (QED) is 0.784. The molecule has 0 aromatic heterocycles. The molecule has 2 aliphatic rings. The fourth-order valence-electron chi connectivity index (χ4n) is 3.26. The van der Waals surface area contributed by atoms with Gasteiger partial charge in [-0.25, -0.2) is 0 Å². The highest BCUT2D eigenvalue weighted by molar-refractivity contribution is 4.95. The third kappa shape index (κ3) is 3.14. The molecule has 2 rings (SSSR count). The zero-order valence-corrected chi connectivity index (χ0v) is 11.6. The molecule has 1 aliphatic heterocycles. The van der Waals surface area contributed by atoms with Crippen molar-refractivity contribution in [2.45, 2.75) is 63.9 Å². The first-order valence-electron chi connectivity index (χ1n) is 7.16. The highest BCUT2D eigenvalue weighted by Crippen LogP contribution is 2.36. The molecule has 0 aromatic rings. The van der Waals surface area contributed by atoms with Crippen molar-refractivity contribution in [3.05, 3.63) is 12.7 Å². The Balaban J connectivity index is 1.96. The van der Waals surface area contributed by atoms with E-state index < -0.39 is 11.9 Å². The van der Waals surface area contributed by atoms with Crippen LogP contribution in [0.1, 0.15) is 46.0 Å². The molecule has 3 nitrogen and oxygen atoms in total. The molecule has 18 heavy (non-hydrogen) atoms. The summed E-state index contributed by atoms with van der Waals surface area (Å²) < 4.78 is 11.3. The second-order valence-corrected chi connectivity index (χ2v) is 6.07. The van der Waals surface area contributed by atoms with Gasteiger partial charge in [-0.3, -0.25) is 0 Å². The molecule has 0 spiro atoms. The van der Waals surface area contributed by atoms with Crippen LogP contribution in [0.15, 0.2) is 12.7 Å². The first kappa shape index (κ1) is 14.0. The Kier molecular flexibility index (Phi) is 4.46. The fraction of sp³-hybridized carbons (Fsp3) is 0.867. The summed E-state index contributed by atoms with van der Waals surface area (Å²) in [5.41, 5.74) is 0. The predicted octanol–water partition coefficient (Wildman–Crippen LogP) is 2.88. The van der Waals surface area contributed by atoms with Crippen molar-refractivity contribution < 1.29 is 14.6 Å². The van der Waals surface area contributed by atoms with E-state index in [-0.39, 0.29) is 12.0 Å². The van der Waals surface area contributed by atoms with Gasteiger partial charge >= 0.3 is 0 Å². The fourth-order valence-corrected chi connectivity index (χ4v) is 3.26. The standard InChI is InChI=1S/C15H26O3/c1-4-12(11-8-6-5-7-9-11)14(16)13-10-17-15(2,3)18-13/h4,11-14,16H,1,5-10H2,2-3H3/t12-,13-,14+/m1/s1. The summed E-state index contributed by atoms with van der Waals surface area (Å²) >= 11 is 0. The Morgan fingerprint density at radius 3 is 2.44 bits per heavy atom. The van der Waals surface area contributed by atoms with Crippen molar-refractivity contribution >= 4 is 0 Å².